The van der Waals surface area contributed by atoms with Crippen LogP contribution >= 0.6 is 0 Å². The van der Waals surface area contributed by atoms with Crippen molar-refractivity contribution >= 4 is 0 Å². The molecule has 0 aliphatic carbocycles. The Bertz CT molecular complexity index is 292. The van der Waals surface area contributed by atoms with Gasteiger partial charge in [0.05, 0.1) is 13.7 Å². The fourth-order valence-corrected chi connectivity index (χ4v) is 1.09. The SMILES string of the molecule is [CH2]c1ccc(OC)c(OCC(C)C)c1. The minimum absolute atomic E-state index is 0.508. The summed E-state index contributed by atoms with van der Waals surface area (Å²) >= 11 is 0. The number of methoxy groups -OCH3 is 1. The van der Waals surface area contributed by atoms with Crippen LogP contribution in [-0.4, -0.2) is 13.7 Å². The molecule has 0 amide bonds. The van der Waals surface area contributed by atoms with Crippen LogP contribution in [0.4, 0.5) is 0 Å². The second-order valence-corrected chi connectivity index (χ2v) is 3.69. The van der Waals surface area contributed by atoms with Crippen LogP contribution in [0.3, 0.4) is 0 Å². The van der Waals surface area contributed by atoms with E-state index in [9.17, 15) is 0 Å². The van der Waals surface area contributed by atoms with E-state index in [-0.39, 0.29) is 0 Å². The van der Waals surface area contributed by atoms with Crippen LogP contribution < -0.4 is 9.47 Å². The smallest absolute Gasteiger partial charge is 0.161 e. The summed E-state index contributed by atoms with van der Waals surface area (Å²) in [6, 6.07) is 5.67. The predicted molar refractivity (Wildman–Crippen MR) is 57.8 cm³/mol. The molecule has 0 atom stereocenters. The van der Waals surface area contributed by atoms with Crippen LogP contribution in [-0.2, 0) is 0 Å². The number of hydrogen-bond donors (Lipinski definition) is 0. The molecule has 2 heteroatoms. The lowest BCUT2D eigenvalue weighted by molar-refractivity contribution is 0.257. The van der Waals surface area contributed by atoms with Gasteiger partial charge >= 0.3 is 0 Å². The molecule has 0 bridgehead atoms. The molecule has 0 aliphatic rings. The molecule has 0 saturated carbocycles. The van der Waals surface area contributed by atoms with Gasteiger partial charge in [-0.15, -0.1) is 0 Å². The molecular formula is C12H17O2. The Labute approximate surface area is 85.8 Å². The standard InChI is InChI=1S/C12H17O2/c1-9(2)8-14-12-7-10(3)5-6-11(12)13-4/h5-7,9H,3,8H2,1-2,4H3. The third-order valence-electron chi connectivity index (χ3n) is 1.80. The highest BCUT2D eigenvalue weighted by Crippen LogP contribution is 2.27. The van der Waals surface area contributed by atoms with Crippen LogP contribution in [0.15, 0.2) is 18.2 Å². The van der Waals surface area contributed by atoms with Crippen LogP contribution in [0.1, 0.15) is 19.4 Å². The summed E-state index contributed by atoms with van der Waals surface area (Å²) < 4.78 is 10.8. The average Bonchev–Trinajstić information content (AvgIpc) is 2.15. The lowest BCUT2D eigenvalue weighted by Gasteiger charge is -2.12. The first kappa shape index (κ1) is 10.9. The summed E-state index contributed by atoms with van der Waals surface area (Å²) in [4.78, 5) is 0. The zero-order valence-corrected chi connectivity index (χ0v) is 9.04. The highest BCUT2D eigenvalue weighted by Gasteiger charge is 2.04. The molecule has 0 unspecified atom stereocenters. The highest BCUT2D eigenvalue weighted by atomic mass is 16.5. The molecule has 1 aromatic rings. The van der Waals surface area contributed by atoms with Gasteiger partial charge in [-0.3, -0.25) is 0 Å². The molecule has 77 valence electrons. The Kier molecular flexibility index (Phi) is 3.81. The second kappa shape index (κ2) is 4.89. The number of benzene rings is 1. The lowest BCUT2D eigenvalue weighted by Crippen LogP contribution is -2.05. The van der Waals surface area contributed by atoms with E-state index in [1.165, 1.54) is 0 Å². The molecular weight excluding hydrogens is 176 g/mol. The third kappa shape index (κ3) is 2.95. The van der Waals surface area contributed by atoms with Gasteiger partial charge in [0.2, 0.25) is 0 Å². The van der Waals surface area contributed by atoms with E-state index in [2.05, 4.69) is 20.8 Å². The van der Waals surface area contributed by atoms with Crippen LogP contribution in [0.2, 0.25) is 0 Å². The van der Waals surface area contributed by atoms with E-state index >= 15 is 0 Å². The molecule has 0 heterocycles. The van der Waals surface area contributed by atoms with Gasteiger partial charge in [-0.05, 0) is 30.5 Å². The predicted octanol–water partition coefficient (Wildman–Crippen LogP) is 2.91. The number of ether oxygens (including phenoxy) is 2. The maximum atomic E-state index is 5.61. The summed E-state index contributed by atoms with van der Waals surface area (Å²) in [7, 11) is 1.64. The van der Waals surface area contributed by atoms with E-state index in [4.69, 9.17) is 9.47 Å². The summed E-state index contributed by atoms with van der Waals surface area (Å²) in [6.45, 7) is 8.77. The van der Waals surface area contributed by atoms with E-state index in [1.54, 1.807) is 7.11 Å². The molecule has 14 heavy (non-hydrogen) atoms. The van der Waals surface area contributed by atoms with Gasteiger partial charge < -0.3 is 9.47 Å². The first-order chi connectivity index (χ1) is 6.63. The summed E-state index contributed by atoms with van der Waals surface area (Å²) in [5.74, 6) is 2.04. The van der Waals surface area contributed by atoms with Crippen molar-refractivity contribution in [3.63, 3.8) is 0 Å². The van der Waals surface area contributed by atoms with Crippen molar-refractivity contribution in [1.82, 2.24) is 0 Å². The maximum absolute atomic E-state index is 5.61. The monoisotopic (exact) mass is 193 g/mol. The molecule has 1 aromatic carbocycles. The van der Waals surface area contributed by atoms with Crippen molar-refractivity contribution in [2.75, 3.05) is 13.7 Å². The van der Waals surface area contributed by atoms with E-state index in [0.29, 0.717) is 12.5 Å². The van der Waals surface area contributed by atoms with Gasteiger partial charge in [0.25, 0.3) is 0 Å². The molecule has 0 fully saturated rings. The Morgan fingerprint density at radius 3 is 2.57 bits per heavy atom. The normalized spacial score (nSPS) is 10.4. The van der Waals surface area contributed by atoms with E-state index in [1.807, 2.05) is 18.2 Å². The summed E-state index contributed by atoms with van der Waals surface area (Å²) in [6.07, 6.45) is 0. The number of hydrogen-bond acceptors (Lipinski definition) is 2. The largest absolute Gasteiger partial charge is 0.493 e. The fraction of sp³-hybridized carbons (Fsp3) is 0.417. The van der Waals surface area contributed by atoms with E-state index in [0.717, 1.165) is 17.1 Å². The lowest BCUT2D eigenvalue weighted by atomic mass is 10.2. The van der Waals surface area contributed by atoms with Crippen LogP contribution in [0.5, 0.6) is 11.5 Å². The minimum atomic E-state index is 0.508. The Balaban J connectivity index is 2.77. The Hall–Kier alpha value is -1.18. The number of rotatable bonds is 4. The van der Waals surface area contributed by atoms with Crippen molar-refractivity contribution in [1.29, 1.82) is 0 Å². The van der Waals surface area contributed by atoms with Gasteiger partial charge in [-0.25, -0.2) is 0 Å². The van der Waals surface area contributed by atoms with Gasteiger partial charge in [0.15, 0.2) is 11.5 Å². The van der Waals surface area contributed by atoms with Gasteiger partial charge in [-0.1, -0.05) is 19.9 Å². The average molecular weight is 193 g/mol. The zero-order valence-electron chi connectivity index (χ0n) is 9.04. The third-order valence-corrected chi connectivity index (χ3v) is 1.80. The van der Waals surface area contributed by atoms with Crippen molar-refractivity contribution in [3.05, 3.63) is 30.7 Å². The topological polar surface area (TPSA) is 18.5 Å². The van der Waals surface area contributed by atoms with Gasteiger partial charge in [0, 0.05) is 0 Å². The van der Waals surface area contributed by atoms with Gasteiger partial charge in [-0.2, -0.15) is 0 Å². The zero-order chi connectivity index (χ0) is 10.6. The first-order valence-corrected chi connectivity index (χ1v) is 4.76. The fourth-order valence-electron chi connectivity index (χ4n) is 1.09. The Morgan fingerprint density at radius 2 is 2.00 bits per heavy atom. The highest BCUT2D eigenvalue weighted by molar-refractivity contribution is 5.43. The first-order valence-electron chi connectivity index (χ1n) is 4.76. The van der Waals surface area contributed by atoms with Crippen molar-refractivity contribution in [3.8, 4) is 11.5 Å². The van der Waals surface area contributed by atoms with Crippen molar-refractivity contribution < 1.29 is 9.47 Å². The quantitative estimate of drug-likeness (QED) is 0.732. The minimum Gasteiger partial charge on any atom is -0.493 e. The van der Waals surface area contributed by atoms with Crippen molar-refractivity contribution in [2.45, 2.75) is 13.8 Å². The van der Waals surface area contributed by atoms with E-state index < -0.39 is 0 Å². The molecule has 2 nitrogen and oxygen atoms in total. The summed E-state index contributed by atoms with van der Waals surface area (Å²) in [5, 5.41) is 0. The molecule has 0 N–H and O–H groups in total. The van der Waals surface area contributed by atoms with Gasteiger partial charge in [0.1, 0.15) is 0 Å². The molecule has 0 aromatic heterocycles. The molecule has 0 saturated heterocycles. The molecule has 1 rings (SSSR count). The summed E-state index contributed by atoms with van der Waals surface area (Å²) in [5.41, 5.74) is 0.935. The second-order valence-electron chi connectivity index (χ2n) is 3.69. The molecule has 0 spiro atoms. The van der Waals surface area contributed by atoms with Crippen LogP contribution in [0.25, 0.3) is 0 Å². The van der Waals surface area contributed by atoms with Crippen molar-refractivity contribution in [2.24, 2.45) is 5.92 Å². The molecule has 1 radical (unpaired) electrons. The molecule has 0 aliphatic heterocycles. The van der Waals surface area contributed by atoms with Crippen LogP contribution in [0, 0.1) is 12.8 Å². The maximum Gasteiger partial charge on any atom is 0.161 e. The Morgan fingerprint density at radius 1 is 1.29 bits per heavy atom.